The van der Waals surface area contributed by atoms with Gasteiger partial charge in [0.1, 0.15) is 0 Å². The molecule has 0 bridgehead atoms. The summed E-state index contributed by atoms with van der Waals surface area (Å²) in [5, 5.41) is 4.54. The van der Waals surface area contributed by atoms with Crippen LogP contribution in [0.2, 0.25) is 10.0 Å². The van der Waals surface area contributed by atoms with Crippen LogP contribution in [-0.4, -0.2) is 31.4 Å². The summed E-state index contributed by atoms with van der Waals surface area (Å²) in [5.41, 5.74) is 3.61. The maximum atomic E-state index is 13.1. The number of rotatable bonds is 8. The zero-order chi connectivity index (χ0) is 22.3. The molecule has 1 amide bonds. The maximum Gasteiger partial charge on any atom is 0.255 e. The molecule has 0 aromatic heterocycles. The topological polar surface area (TPSA) is 78.8 Å². The van der Waals surface area contributed by atoms with E-state index in [2.05, 4.69) is 10.5 Å². The molecule has 6 nitrogen and oxygen atoms in total. The summed E-state index contributed by atoms with van der Waals surface area (Å²) >= 11 is 12.0. The van der Waals surface area contributed by atoms with E-state index in [9.17, 15) is 13.2 Å². The average Bonchev–Trinajstić information content (AvgIpc) is 2.77. The summed E-state index contributed by atoms with van der Waals surface area (Å²) in [6.07, 6.45) is 1.35. The highest BCUT2D eigenvalue weighted by Crippen LogP contribution is 2.24. The summed E-state index contributed by atoms with van der Waals surface area (Å²) in [6, 6.07) is 22.0. The van der Waals surface area contributed by atoms with E-state index in [1.54, 1.807) is 48.5 Å². The Morgan fingerprint density at radius 2 is 1.58 bits per heavy atom. The van der Waals surface area contributed by atoms with E-state index >= 15 is 0 Å². The number of carbonyl (C=O) groups is 1. The van der Waals surface area contributed by atoms with Gasteiger partial charge in [-0.2, -0.15) is 9.41 Å². The van der Waals surface area contributed by atoms with Crippen molar-refractivity contribution in [3.63, 3.8) is 0 Å². The van der Waals surface area contributed by atoms with E-state index in [0.29, 0.717) is 15.6 Å². The van der Waals surface area contributed by atoms with Crippen molar-refractivity contribution in [2.75, 3.05) is 6.54 Å². The van der Waals surface area contributed by atoms with Crippen LogP contribution < -0.4 is 5.43 Å². The van der Waals surface area contributed by atoms with Crippen molar-refractivity contribution in [2.24, 2.45) is 5.10 Å². The lowest BCUT2D eigenvalue weighted by Crippen LogP contribution is -2.39. The van der Waals surface area contributed by atoms with Crippen molar-refractivity contribution in [3.8, 4) is 0 Å². The molecule has 0 fully saturated rings. The van der Waals surface area contributed by atoms with E-state index in [4.69, 9.17) is 23.2 Å². The van der Waals surface area contributed by atoms with Crippen LogP contribution in [0.15, 0.2) is 88.9 Å². The van der Waals surface area contributed by atoms with Crippen molar-refractivity contribution in [3.05, 3.63) is 100 Å². The number of amides is 1. The Balaban J connectivity index is 1.77. The predicted molar refractivity (Wildman–Crippen MR) is 123 cm³/mol. The predicted octanol–water partition coefficient (Wildman–Crippen LogP) is 4.33. The molecule has 3 aromatic rings. The second-order valence-electron chi connectivity index (χ2n) is 6.51. The monoisotopic (exact) mass is 475 g/mol. The van der Waals surface area contributed by atoms with Gasteiger partial charge >= 0.3 is 0 Å². The minimum Gasteiger partial charge on any atom is -0.272 e. The van der Waals surface area contributed by atoms with E-state index in [1.807, 2.05) is 18.2 Å². The van der Waals surface area contributed by atoms with E-state index in [1.165, 1.54) is 18.3 Å². The Morgan fingerprint density at radius 1 is 0.935 bits per heavy atom. The van der Waals surface area contributed by atoms with Gasteiger partial charge in [-0.25, -0.2) is 13.8 Å². The molecule has 3 aromatic carbocycles. The SMILES string of the molecule is O=C(CN(Cc1ccccc1)S(=O)(=O)c1ccccc1)N/N=C/c1cccc(Cl)c1Cl. The first-order chi connectivity index (χ1) is 14.9. The van der Waals surface area contributed by atoms with E-state index < -0.39 is 22.5 Å². The number of sulfonamides is 1. The molecule has 0 radical (unpaired) electrons. The van der Waals surface area contributed by atoms with Gasteiger partial charge in [-0.05, 0) is 23.8 Å². The highest BCUT2D eigenvalue weighted by atomic mass is 35.5. The van der Waals surface area contributed by atoms with Crippen LogP contribution in [0.25, 0.3) is 0 Å². The molecular formula is C22H19Cl2N3O3S. The van der Waals surface area contributed by atoms with Gasteiger partial charge in [0.15, 0.2) is 0 Å². The number of hydrogen-bond acceptors (Lipinski definition) is 4. The molecule has 0 saturated heterocycles. The molecule has 9 heteroatoms. The molecule has 31 heavy (non-hydrogen) atoms. The third-order valence-corrected chi connectivity index (χ3v) is 6.92. The fourth-order valence-corrected chi connectivity index (χ4v) is 4.51. The molecule has 0 saturated carbocycles. The van der Waals surface area contributed by atoms with Gasteiger partial charge in [-0.15, -0.1) is 0 Å². The summed E-state index contributed by atoms with van der Waals surface area (Å²) < 4.78 is 27.4. The lowest BCUT2D eigenvalue weighted by molar-refractivity contribution is -0.121. The summed E-state index contributed by atoms with van der Waals surface area (Å²) in [6.45, 7) is -0.373. The van der Waals surface area contributed by atoms with Crippen LogP contribution in [0, 0.1) is 0 Å². The second kappa shape index (κ2) is 10.5. The van der Waals surface area contributed by atoms with Crippen LogP contribution in [0.4, 0.5) is 0 Å². The van der Waals surface area contributed by atoms with E-state index in [-0.39, 0.29) is 11.4 Å². The Bertz CT molecular complexity index is 1170. The smallest absolute Gasteiger partial charge is 0.255 e. The largest absolute Gasteiger partial charge is 0.272 e. The fourth-order valence-electron chi connectivity index (χ4n) is 2.74. The van der Waals surface area contributed by atoms with Crippen molar-refractivity contribution >= 4 is 45.3 Å². The average molecular weight is 476 g/mol. The Hall–Kier alpha value is -2.71. The summed E-state index contributed by atoms with van der Waals surface area (Å²) in [7, 11) is -3.90. The first-order valence-corrected chi connectivity index (χ1v) is 11.4. The third-order valence-electron chi connectivity index (χ3n) is 4.28. The van der Waals surface area contributed by atoms with Gasteiger partial charge in [0.05, 0.1) is 27.7 Å². The third kappa shape index (κ3) is 6.15. The number of carbonyl (C=O) groups excluding carboxylic acids is 1. The van der Waals surface area contributed by atoms with Crippen LogP contribution in [0.5, 0.6) is 0 Å². The van der Waals surface area contributed by atoms with Gasteiger partial charge < -0.3 is 0 Å². The minimum atomic E-state index is -3.90. The second-order valence-corrected chi connectivity index (χ2v) is 9.23. The normalized spacial score (nSPS) is 11.7. The molecule has 0 spiro atoms. The number of hydrazone groups is 1. The van der Waals surface area contributed by atoms with Gasteiger partial charge in [-0.3, -0.25) is 4.79 Å². The van der Waals surface area contributed by atoms with Crippen molar-refractivity contribution < 1.29 is 13.2 Å². The zero-order valence-corrected chi connectivity index (χ0v) is 18.6. The van der Waals surface area contributed by atoms with Crippen LogP contribution in [-0.2, 0) is 21.4 Å². The minimum absolute atomic E-state index is 0.0370. The fraction of sp³-hybridized carbons (Fsp3) is 0.0909. The first kappa shape index (κ1) is 23.0. The number of nitrogens with one attached hydrogen (secondary N) is 1. The molecule has 0 heterocycles. The van der Waals surface area contributed by atoms with Gasteiger partial charge in [0, 0.05) is 12.1 Å². The van der Waals surface area contributed by atoms with Crippen molar-refractivity contribution in [2.45, 2.75) is 11.4 Å². The number of hydrogen-bond donors (Lipinski definition) is 1. The number of benzene rings is 3. The van der Waals surface area contributed by atoms with Crippen LogP contribution in [0.1, 0.15) is 11.1 Å². The van der Waals surface area contributed by atoms with Crippen molar-refractivity contribution in [1.82, 2.24) is 9.73 Å². The van der Waals surface area contributed by atoms with E-state index in [0.717, 1.165) is 9.87 Å². The van der Waals surface area contributed by atoms with Crippen LogP contribution >= 0.6 is 23.2 Å². The molecule has 3 rings (SSSR count). The molecule has 0 aliphatic carbocycles. The number of nitrogens with zero attached hydrogens (tertiary/aromatic N) is 2. The van der Waals surface area contributed by atoms with Gasteiger partial charge in [0.2, 0.25) is 10.0 Å². The Morgan fingerprint density at radius 3 is 2.26 bits per heavy atom. The Labute approximate surface area is 191 Å². The summed E-state index contributed by atoms with van der Waals surface area (Å²) in [5.74, 6) is -0.593. The molecule has 0 unspecified atom stereocenters. The maximum absolute atomic E-state index is 13.1. The van der Waals surface area contributed by atoms with Crippen LogP contribution in [0.3, 0.4) is 0 Å². The lowest BCUT2D eigenvalue weighted by Gasteiger charge is -2.21. The Kier molecular flexibility index (Phi) is 7.81. The van der Waals surface area contributed by atoms with Gasteiger partial charge in [-0.1, -0.05) is 83.9 Å². The highest BCUT2D eigenvalue weighted by molar-refractivity contribution is 7.89. The quantitative estimate of drug-likeness (QED) is 0.388. The van der Waals surface area contributed by atoms with Crippen molar-refractivity contribution in [1.29, 1.82) is 0 Å². The standard InChI is InChI=1S/C22H19Cl2N3O3S/c23-20-13-7-10-18(22(20)24)14-25-26-21(28)16-27(15-17-8-3-1-4-9-17)31(29,30)19-11-5-2-6-12-19/h1-14H,15-16H2,(H,26,28)/b25-14+. The molecule has 0 aliphatic heterocycles. The molecule has 1 N–H and O–H groups in total. The zero-order valence-electron chi connectivity index (χ0n) is 16.3. The first-order valence-electron chi connectivity index (χ1n) is 9.23. The van der Waals surface area contributed by atoms with Gasteiger partial charge in [0.25, 0.3) is 5.91 Å². The lowest BCUT2D eigenvalue weighted by atomic mass is 10.2. The molecule has 160 valence electrons. The molecule has 0 atom stereocenters. The number of halogens is 2. The molecule has 0 aliphatic rings. The highest BCUT2D eigenvalue weighted by Gasteiger charge is 2.26. The molecular weight excluding hydrogens is 457 g/mol. The summed E-state index contributed by atoms with van der Waals surface area (Å²) in [4.78, 5) is 12.6.